The molecule has 1 aromatic carbocycles. The number of nitrogens with one attached hydrogen (secondary N) is 1. The molecule has 1 heterocycles. The third-order valence-corrected chi connectivity index (χ3v) is 4.62. The van der Waals surface area contributed by atoms with Crippen molar-refractivity contribution in [2.75, 3.05) is 13.7 Å². The van der Waals surface area contributed by atoms with Crippen LogP contribution in [0.15, 0.2) is 24.3 Å². The lowest BCUT2D eigenvalue weighted by atomic mass is 10.0. The summed E-state index contributed by atoms with van der Waals surface area (Å²) in [5.74, 6) is 0. The van der Waals surface area contributed by atoms with Crippen molar-refractivity contribution in [3.05, 3.63) is 51.0 Å². The van der Waals surface area contributed by atoms with E-state index in [0.29, 0.717) is 6.61 Å². The molecule has 0 radical (unpaired) electrons. The number of hydrogen-bond donors (Lipinski definition) is 1. The van der Waals surface area contributed by atoms with Crippen LogP contribution in [0.3, 0.4) is 0 Å². The maximum atomic E-state index is 5.24. The molecule has 0 saturated carbocycles. The van der Waals surface area contributed by atoms with E-state index in [1.165, 1.54) is 16.0 Å². The van der Waals surface area contributed by atoms with Gasteiger partial charge in [0.1, 0.15) is 5.01 Å². The number of hydrogen-bond acceptors (Lipinski definition) is 4. The van der Waals surface area contributed by atoms with Gasteiger partial charge >= 0.3 is 0 Å². The smallest absolute Gasteiger partial charge is 0.115 e. The number of benzene rings is 1. The van der Waals surface area contributed by atoms with Gasteiger partial charge in [0.25, 0.3) is 0 Å². The van der Waals surface area contributed by atoms with Crippen LogP contribution in [0.5, 0.6) is 0 Å². The lowest BCUT2D eigenvalue weighted by Gasteiger charge is -2.17. The Labute approximate surface area is 131 Å². The highest BCUT2D eigenvalue weighted by atomic mass is 32.1. The van der Waals surface area contributed by atoms with Gasteiger partial charge in [-0.05, 0) is 37.9 Å². The van der Waals surface area contributed by atoms with Crippen LogP contribution in [-0.2, 0) is 11.3 Å². The first-order valence-corrected chi connectivity index (χ1v) is 8.22. The van der Waals surface area contributed by atoms with Crippen molar-refractivity contribution in [1.82, 2.24) is 10.3 Å². The Balaban J connectivity index is 2.32. The summed E-state index contributed by atoms with van der Waals surface area (Å²) in [5.41, 5.74) is 3.58. The van der Waals surface area contributed by atoms with Crippen molar-refractivity contribution in [3.63, 3.8) is 0 Å². The second kappa shape index (κ2) is 7.69. The Kier molecular flexibility index (Phi) is 5.91. The fourth-order valence-corrected chi connectivity index (χ4v) is 3.31. The second-order valence-electron chi connectivity index (χ2n) is 5.26. The summed E-state index contributed by atoms with van der Waals surface area (Å²) < 4.78 is 5.24. The van der Waals surface area contributed by atoms with Crippen LogP contribution in [0.2, 0.25) is 0 Å². The SMILES string of the molecule is CCCNC(c1cccc(COC)c1)c1nc(C)c(C)s1. The molecule has 1 aromatic heterocycles. The minimum absolute atomic E-state index is 0.166. The Hall–Kier alpha value is -1.23. The average Bonchev–Trinajstić information content (AvgIpc) is 2.80. The van der Waals surface area contributed by atoms with Crippen LogP contribution in [-0.4, -0.2) is 18.6 Å². The zero-order valence-corrected chi connectivity index (χ0v) is 14.1. The highest BCUT2D eigenvalue weighted by molar-refractivity contribution is 7.11. The predicted molar refractivity (Wildman–Crippen MR) is 88.9 cm³/mol. The van der Waals surface area contributed by atoms with E-state index in [4.69, 9.17) is 9.72 Å². The molecule has 0 aliphatic rings. The number of nitrogens with zero attached hydrogens (tertiary/aromatic N) is 1. The van der Waals surface area contributed by atoms with E-state index < -0.39 is 0 Å². The monoisotopic (exact) mass is 304 g/mol. The molecule has 0 bridgehead atoms. The molecule has 1 N–H and O–H groups in total. The van der Waals surface area contributed by atoms with Gasteiger partial charge in [-0.15, -0.1) is 11.3 Å². The molecule has 2 rings (SSSR count). The highest BCUT2D eigenvalue weighted by Crippen LogP contribution is 2.28. The number of methoxy groups -OCH3 is 1. The van der Waals surface area contributed by atoms with Crippen LogP contribution in [0, 0.1) is 13.8 Å². The number of thiazole rings is 1. The molecular formula is C17H24N2OS. The summed E-state index contributed by atoms with van der Waals surface area (Å²) >= 11 is 1.78. The first-order valence-electron chi connectivity index (χ1n) is 7.40. The normalized spacial score (nSPS) is 12.6. The van der Waals surface area contributed by atoms with Crippen LogP contribution < -0.4 is 5.32 Å². The van der Waals surface area contributed by atoms with Crippen molar-refractivity contribution in [2.45, 2.75) is 39.8 Å². The van der Waals surface area contributed by atoms with Gasteiger partial charge in [0.05, 0.1) is 18.3 Å². The molecule has 1 unspecified atom stereocenters. The molecule has 0 fully saturated rings. The van der Waals surface area contributed by atoms with Crippen molar-refractivity contribution in [2.24, 2.45) is 0 Å². The quantitative estimate of drug-likeness (QED) is 0.839. The molecule has 0 saturated heterocycles. The van der Waals surface area contributed by atoms with Gasteiger partial charge in [-0.1, -0.05) is 31.2 Å². The van der Waals surface area contributed by atoms with Crippen LogP contribution in [0.1, 0.15) is 46.1 Å². The maximum Gasteiger partial charge on any atom is 0.115 e. The molecule has 0 aliphatic carbocycles. The third-order valence-electron chi connectivity index (χ3n) is 3.49. The molecule has 3 nitrogen and oxygen atoms in total. The lowest BCUT2D eigenvalue weighted by molar-refractivity contribution is 0.185. The summed E-state index contributed by atoms with van der Waals surface area (Å²) in [6, 6.07) is 8.74. The molecular weight excluding hydrogens is 280 g/mol. The van der Waals surface area contributed by atoms with Gasteiger partial charge in [-0.2, -0.15) is 0 Å². The highest BCUT2D eigenvalue weighted by Gasteiger charge is 2.18. The third kappa shape index (κ3) is 4.13. The van der Waals surface area contributed by atoms with Crippen molar-refractivity contribution in [1.29, 1.82) is 0 Å². The Morgan fingerprint density at radius 2 is 2.14 bits per heavy atom. The molecule has 1 atom stereocenters. The minimum atomic E-state index is 0.166. The topological polar surface area (TPSA) is 34.1 Å². The zero-order chi connectivity index (χ0) is 15.2. The van der Waals surface area contributed by atoms with E-state index >= 15 is 0 Å². The van der Waals surface area contributed by atoms with Crippen molar-refractivity contribution in [3.8, 4) is 0 Å². The number of aryl methyl sites for hydroxylation is 2. The summed E-state index contributed by atoms with van der Waals surface area (Å²) in [6.07, 6.45) is 1.11. The van der Waals surface area contributed by atoms with Gasteiger partial charge < -0.3 is 10.1 Å². The molecule has 0 spiro atoms. The summed E-state index contributed by atoms with van der Waals surface area (Å²) in [6.45, 7) is 8.02. The maximum absolute atomic E-state index is 5.24. The van der Waals surface area contributed by atoms with Gasteiger partial charge in [-0.25, -0.2) is 4.98 Å². The van der Waals surface area contributed by atoms with Crippen molar-refractivity contribution >= 4 is 11.3 Å². The van der Waals surface area contributed by atoms with Gasteiger partial charge in [0, 0.05) is 12.0 Å². The molecule has 2 aromatic rings. The van der Waals surface area contributed by atoms with Crippen LogP contribution >= 0.6 is 11.3 Å². The predicted octanol–water partition coefficient (Wildman–Crippen LogP) is 4.00. The lowest BCUT2D eigenvalue weighted by Crippen LogP contribution is -2.23. The molecule has 0 amide bonds. The first kappa shape index (κ1) is 16.1. The number of rotatable bonds is 7. The molecule has 0 aliphatic heterocycles. The van der Waals surface area contributed by atoms with Gasteiger partial charge in [0.15, 0.2) is 0 Å². The Morgan fingerprint density at radius 1 is 1.33 bits per heavy atom. The van der Waals surface area contributed by atoms with Crippen LogP contribution in [0.4, 0.5) is 0 Å². The standard InChI is InChI=1S/C17H24N2OS/c1-5-9-18-16(17-19-12(2)13(3)21-17)15-8-6-7-14(10-15)11-20-4/h6-8,10,16,18H,5,9,11H2,1-4H3. The summed E-state index contributed by atoms with van der Waals surface area (Å²) in [5, 5.41) is 4.77. The van der Waals surface area contributed by atoms with Gasteiger partial charge in [0.2, 0.25) is 0 Å². The van der Waals surface area contributed by atoms with E-state index in [9.17, 15) is 0 Å². The molecule has 114 valence electrons. The minimum Gasteiger partial charge on any atom is -0.380 e. The van der Waals surface area contributed by atoms with Gasteiger partial charge in [-0.3, -0.25) is 0 Å². The van der Waals surface area contributed by atoms with Crippen molar-refractivity contribution < 1.29 is 4.74 Å². The number of aromatic nitrogens is 1. The molecule has 21 heavy (non-hydrogen) atoms. The Bertz CT molecular complexity index is 560. The number of ether oxygens (including phenoxy) is 1. The largest absolute Gasteiger partial charge is 0.380 e. The van der Waals surface area contributed by atoms with E-state index in [0.717, 1.165) is 23.7 Å². The second-order valence-corrected chi connectivity index (χ2v) is 6.49. The Morgan fingerprint density at radius 3 is 2.76 bits per heavy atom. The first-order chi connectivity index (χ1) is 10.2. The van der Waals surface area contributed by atoms with E-state index in [1.54, 1.807) is 18.4 Å². The summed E-state index contributed by atoms with van der Waals surface area (Å²) in [4.78, 5) is 6.03. The fourth-order valence-electron chi connectivity index (χ4n) is 2.29. The van der Waals surface area contributed by atoms with E-state index in [-0.39, 0.29) is 6.04 Å². The average molecular weight is 304 g/mol. The molecule has 4 heteroatoms. The van der Waals surface area contributed by atoms with E-state index in [1.807, 2.05) is 0 Å². The van der Waals surface area contributed by atoms with Crippen LogP contribution in [0.25, 0.3) is 0 Å². The fraction of sp³-hybridized carbons (Fsp3) is 0.471. The zero-order valence-electron chi connectivity index (χ0n) is 13.3. The van der Waals surface area contributed by atoms with E-state index in [2.05, 4.69) is 50.4 Å². The summed E-state index contributed by atoms with van der Waals surface area (Å²) in [7, 11) is 1.73.